The summed E-state index contributed by atoms with van der Waals surface area (Å²) in [5.41, 5.74) is 0.663. The van der Waals surface area contributed by atoms with E-state index in [2.05, 4.69) is 0 Å². The second-order valence-corrected chi connectivity index (χ2v) is 6.86. The van der Waals surface area contributed by atoms with Crippen LogP contribution in [0.3, 0.4) is 0 Å². The lowest BCUT2D eigenvalue weighted by Crippen LogP contribution is -2.45. The predicted octanol–water partition coefficient (Wildman–Crippen LogP) is 3.54. The number of likely N-dealkylation sites (tertiary alicyclic amines) is 1. The molecule has 0 unspecified atom stereocenters. The fourth-order valence-corrected chi connectivity index (χ4v) is 3.78. The highest BCUT2D eigenvalue weighted by atomic mass is 16.4. The zero-order valence-corrected chi connectivity index (χ0v) is 14.3. The Morgan fingerprint density at radius 1 is 1.04 bits per heavy atom. The second kappa shape index (κ2) is 6.59. The zero-order chi connectivity index (χ0) is 18.1. The van der Waals surface area contributed by atoms with E-state index in [0.717, 1.165) is 10.9 Å². The molecule has 1 atom stereocenters. The van der Waals surface area contributed by atoms with E-state index in [4.69, 9.17) is 4.42 Å². The van der Waals surface area contributed by atoms with Gasteiger partial charge in [-0.25, -0.2) is 0 Å². The minimum Gasteiger partial charge on any atom is -0.480 e. The van der Waals surface area contributed by atoms with Gasteiger partial charge in [0.05, 0.1) is 5.60 Å². The first-order valence-electron chi connectivity index (χ1n) is 8.80. The molecule has 3 aromatic rings. The van der Waals surface area contributed by atoms with Crippen molar-refractivity contribution in [3.05, 3.63) is 72.0 Å². The SMILES string of the molecule is O=C(O)[C@H](c1cc2ccccc2o1)N1CCC(O)(c2ccccc2)CC1. The summed E-state index contributed by atoms with van der Waals surface area (Å²) in [6, 6.07) is 18.0. The number of carbonyl (C=O) groups is 1. The highest BCUT2D eigenvalue weighted by molar-refractivity contribution is 5.81. The van der Waals surface area contributed by atoms with Gasteiger partial charge in [0.15, 0.2) is 6.04 Å². The van der Waals surface area contributed by atoms with Gasteiger partial charge in [-0.05, 0) is 30.5 Å². The Hall–Kier alpha value is -2.63. The Labute approximate surface area is 151 Å². The summed E-state index contributed by atoms with van der Waals surface area (Å²) in [7, 11) is 0. The van der Waals surface area contributed by atoms with Gasteiger partial charge in [-0.1, -0.05) is 48.5 Å². The van der Waals surface area contributed by atoms with E-state index in [-0.39, 0.29) is 0 Å². The van der Waals surface area contributed by atoms with Crippen LogP contribution in [0.2, 0.25) is 0 Å². The maximum absolute atomic E-state index is 11.9. The summed E-state index contributed by atoms with van der Waals surface area (Å²) in [5, 5.41) is 21.7. The lowest BCUT2D eigenvalue weighted by molar-refractivity contribution is -0.146. The van der Waals surface area contributed by atoms with E-state index in [0.29, 0.717) is 37.3 Å². The first kappa shape index (κ1) is 16.8. The van der Waals surface area contributed by atoms with Crippen molar-refractivity contribution in [1.29, 1.82) is 0 Å². The number of nitrogens with zero attached hydrogens (tertiary/aromatic N) is 1. The van der Waals surface area contributed by atoms with Crippen LogP contribution in [0, 0.1) is 0 Å². The maximum Gasteiger partial charge on any atom is 0.328 e. The van der Waals surface area contributed by atoms with Crippen LogP contribution < -0.4 is 0 Å². The smallest absolute Gasteiger partial charge is 0.328 e. The van der Waals surface area contributed by atoms with E-state index in [1.807, 2.05) is 59.5 Å². The van der Waals surface area contributed by atoms with Gasteiger partial charge in [-0.15, -0.1) is 0 Å². The Balaban J connectivity index is 1.57. The molecule has 2 N–H and O–H groups in total. The third-order valence-electron chi connectivity index (χ3n) is 5.25. The summed E-state index contributed by atoms with van der Waals surface area (Å²) in [5.74, 6) is -0.502. The predicted molar refractivity (Wildman–Crippen MR) is 97.7 cm³/mol. The summed E-state index contributed by atoms with van der Waals surface area (Å²) < 4.78 is 5.80. The van der Waals surface area contributed by atoms with Crippen LogP contribution in [-0.4, -0.2) is 34.2 Å². The molecule has 134 valence electrons. The number of benzene rings is 2. The lowest BCUT2D eigenvalue weighted by atomic mass is 9.84. The third-order valence-corrected chi connectivity index (χ3v) is 5.25. The number of fused-ring (bicyclic) bond motifs is 1. The molecule has 0 spiro atoms. The third kappa shape index (κ3) is 3.00. The summed E-state index contributed by atoms with van der Waals surface area (Å²) in [4.78, 5) is 13.8. The van der Waals surface area contributed by atoms with Crippen molar-refractivity contribution in [3.8, 4) is 0 Å². The van der Waals surface area contributed by atoms with Crippen molar-refractivity contribution in [2.45, 2.75) is 24.5 Å². The first-order chi connectivity index (χ1) is 12.6. The van der Waals surface area contributed by atoms with Gasteiger partial charge in [0.2, 0.25) is 0 Å². The van der Waals surface area contributed by atoms with E-state index >= 15 is 0 Å². The number of carboxylic acid groups (broad SMARTS) is 1. The van der Waals surface area contributed by atoms with Crippen molar-refractivity contribution < 1.29 is 19.4 Å². The molecular weight excluding hydrogens is 330 g/mol. The van der Waals surface area contributed by atoms with Crippen LogP contribution in [0.1, 0.15) is 30.2 Å². The molecule has 0 radical (unpaired) electrons. The molecule has 0 bridgehead atoms. The van der Waals surface area contributed by atoms with Crippen molar-refractivity contribution in [3.63, 3.8) is 0 Å². The lowest BCUT2D eigenvalue weighted by Gasteiger charge is -2.40. The highest BCUT2D eigenvalue weighted by Gasteiger charge is 2.39. The fourth-order valence-electron chi connectivity index (χ4n) is 3.78. The molecule has 1 aliphatic heterocycles. The number of aliphatic carboxylic acids is 1. The maximum atomic E-state index is 11.9. The molecule has 26 heavy (non-hydrogen) atoms. The number of piperidine rings is 1. The van der Waals surface area contributed by atoms with Gasteiger partial charge >= 0.3 is 5.97 Å². The average molecular weight is 351 g/mol. The number of hydrogen-bond donors (Lipinski definition) is 2. The molecule has 5 heteroatoms. The van der Waals surface area contributed by atoms with Gasteiger partial charge in [-0.3, -0.25) is 9.69 Å². The van der Waals surface area contributed by atoms with E-state index in [1.165, 1.54) is 0 Å². The minimum absolute atomic E-state index is 0.434. The van der Waals surface area contributed by atoms with Gasteiger partial charge in [0, 0.05) is 18.5 Å². The van der Waals surface area contributed by atoms with Crippen LogP contribution in [0.15, 0.2) is 65.1 Å². The van der Waals surface area contributed by atoms with Gasteiger partial charge in [-0.2, -0.15) is 0 Å². The monoisotopic (exact) mass is 351 g/mol. The molecule has 1 saturated heterocycles. The molecule has 1 aromatic heterocycles. The highest BCUT2D eigenvalue weighted by Crippen LogP contribution is 2.36. The van der Waals surface area contributed by atoms with Gasteiger partial charge < -0.3 is 14.6 Å². The molecule has 5 nitrogen and oxygen atoms in total. The molecule has 4 rings (SSSR count). The van der Waals surface area contributed by atoms with E-state index < -0.39 is 17.6 Å². The molecule has 0 amide bonds. The van der Waals surface area contributed by atoms with Crippen LogP contribution in [0.4, 0.5) is 0 Å². The van der Waals surface area contributed by atoms with Crippen LogP contribution >= 0.6 is 0 Å². The number of aliphatic hydroxyl groups is 1. The minimum atomic E-state index is -0.936. The number of hydrogen-bond acceptors (Lipinski definition) is 4. The average Bonchev–Trinajstić information content (AvgIpc) is 3.07. The zero-order valence-electron chi connectivity index (χ0n) is 14.3. The largest absolute Gasteiger partial charge is 0.480 e. The number of furan rings is 1. The number of para-hydroxylation sites is 1. The van der Waals surface area contributed by atoms with Crippen LogP contribution in [0.5, 0.6) is 0 Å². The first-order valence-corrected chi connectivity index (χ1v) is 8.80. The van der Waals surface area contributed by atoms with Gasteiger partial charge in [0.25, 0.3) is 0 Å². The summed E-state index contributed by atoms with van der Waals surface area (Å²) in [6.45, 7) is 0.971. The summed E-state index contributed by atoms with van der Waals surface area (Å²) in [6.07, 6.45) is 0.974. The van der Waals surface area contributed by atoms with Crippen LogP contribution in [-0.2, 0) is 10.4 Å². The van der Waals surface area contributed by atoms with Crippen molar-refractivity contribution in [2.24, 2.45) is 0 Å². The van der Waals surface area contributed by atoms with Gasteiger partial charge in [0.1, 0.15) is 11.3 Å². The summed E-state index contributed by atoms with van der Waals surface area (Å²) >= 11 is 0. The second-order valence-electron chi connectivity index (χ2n) is 6.86. The molecular formula is C21H21NO4. The van der Waals surface area contributed by atoms with E-state index in [9.17, 15) is 15.0 Å². The van der Waals surface area contributed by atoms with Crippen molar-refractivity contribution in [1.82, 2.24) is 4.90 Å². The molecule has 0 saturated carbocycles. The molecule has 1 aliphatic rings. The standard InChI is InChI=1S/C21H21NO4/c23-20(24)19(18-14-15-6-4-5-9-17(15)26-18)22-12-10-21(25,11-13-22)16-7-2-1-3-8-16/h1-9,14,19,25H,10-13H2,(H,23,24)/t19-/m0/s1. The topological polar surface area (TPSA) is 73.9 Å². The Morgan fingerprint density at radius 3 is 2.35 bits per heavy atom. The van der Waals surface area contributed by atoms with Crippen molar-refractivity contribution >= 4 is 16.9 Å². The Bertz CT molecular complexity index is 877. The molecule has 2 heterocycles. The Kier molecular flexibility index (Phi) is 4.26. The van der Waals surface area contributed by atoms with E-state index in [1.54, 1.807) is 6.07 Å². The number of rotatable bonds is 4. The van der Waals surface area contributed by atoms with Crippen molar-refractivity contribution in [2.75, 3.05) is 13.1 Å². The number of carboxylic acids is 1. The normalized spacial score (nSPS) is 18.7. The Morgan fingerprint density at radius 2 is 1.69 bits per heavy atom. The molecule has 2 aromatic carbocycles. The quantitative estimate of drug-likeness (QED) is 0.752. The molecule has 0 aliphatic carbocycles. The fraction of sp³-hybridized carbons (Fsp3) is 0.286. The van der Waals surface area contributed by atoms with Crippen LogP contribution in [0.25, 0.3) is 11.0 Å². The molecule has 1 fully saturated rings.